The maximum absolute atomic E-state index is 10.1. The standard InChI is InChI=1S/C14H16O2/c1-10-9-11(5-4-8-15)14(16)13-7-3-2-6-12(10)13/h2-3,6-7,9,15-16H,4-5,8H2,1H3. The summed E-state index contributed by atoms with van der Waals surface area (Å²) in [6.07, 6.45) is 1.40. The van der Waals surface area contributed by atoms with Crippen molar-refractivity contribution in [1.82, 2.24) is 0 Å². The van der Waals surface area contributed by atoms with E-state index in [9.17, 15) is 5.11 Å². The summed E-state index contributed by atoms with van der Waals surface area (Å²) in [7, 11) is 0. The van der Waals surface area contributed by atoms with Gasteiger partial charge in [0.2, 0.25) is 0 Å². The van der Waals surface area contributed by atoms with Crippen LogP contribution in [-0.2, 0) is 6.42 Å². The summed E-state index contributed by atoms with van der Waals surface area (Å²) >= 11 is 0. The van der Waals surface area contributed by atoms with Gasteiger partial charge in [-0.25, -0.2) is 0 Å². The molecule has 0 unspecified atom stereocenters. The number of aryl methyl sites for hydroxylation is 2. The van der Waals surface area contributed by atoms with E-state index in [1.165, 1.54) is 5.56 Å². The summed E-state index contributed by atoms with van der Waals surface area (Å²) < 4.78 is 0. The van der Waals surface area contributed by atoms with E-state index in [-0.39, 0.29) is 6.61 Å². The van der Waals surface area contributed by atoms with Crippen molar-refractivity contribution in [1.29, 1.82) is 0 Å². The van der Waals surface area contributed by atoms with Crippen LogP contribution in [0.3, 0.4) is 0 Å². The van der Waals surface area contributed by atoms with E-state index in [0.717, 1.165) is 16.3 Å². The summed E-state index contributed by atoms with van der Waals surface area (Å²) in [6.45, 7) is 2.20. The van der Waals surface area contributed by atoms with E-state index in [1.807, 2.05) is 37.3 Å². The largest absolute Gasteiger partial charge is 0.507 e. The molecule has 0 bridgehead atoms. The van der Waals surface area contributed by atoms with Crippen molar-refractivity contribution in [2.75, 3.05) is 6.61 Å². The maximum Gasteiger partial charge on any atom is 0.126 e. The molecule has 2 rings (SSSR count). The zero-order valence-corrected chi connectivity index (χ0v) is 9.40. The summed E-state index contributed by atoms with van der Waals surface area (Å²) in [6, 6.07) is 9.85. The molecule has 2 aromatic carbocycles. The Morgan fingerprint density at radius 1 is 1.12 bits per heavy atom. The van der Waals surface area contributed by atoms with Crippen molar-refractivity contribution >= 4 is 10.8 Å². The molecule has 84 valence electrons. The third-order valence-electron chi connectivity index (χ3n) is 2.91. The number of phenols is 1. The fourth-order valence-electron chi connectivity index (χ4n) is 2.07. The average Bonchev–Trinajstić information content (AvgIpc) is 2.32. The van der Waals surface area contributed by atoms with E-state index in [0.29, 0.717) is 18.6 Å². The van der Waals surface area contributed by atoms with Gasteiger partial charge in [0.1, 0.15) is 5.75 Å². The molecular formula is C14H16O2. The Labute approximate surface area is 95.2 Å². The van der Waals surface area contributed by atoms with Crippen molar-refractivity contribution in [2.45, 2.75) is 19.8 Å². The van der Waals surface area contributed by atoms with Crippen molar-refractivity contribution in [3.8, 4) is 5.75 Å². The van der Waals surface area contributed by atoms with E-state index in [1.54, 1.807) is 0 Å². The second-order valence-corrected chi connectivity index (χ2v) is 4.07. The molecule has 2 N–H and O–H groups in total. The number of aliphatic hydroxyl groups excluding tert-OH is 1. The molecule has 0 amide bonds. The van der Waals surface area contributed by atoms with Crippen LogP contribution in [0.25, 0.3) is 10.8 Å². The highest BCUT2D eigenvalue weighted by atomic mass is 16.3. The van der Waals surface area contributed by atoms with Crippen LogP contribution in [0.2, 0.25) is 0 Å². The van der Waals surface area contributed by atoms with E-state index in [2.05, 4.69) is 0 Å². The molecule has 0 fully saturated rings. The zero-order chi connectivity index (χ0) is 11.5. The van der Waals surface area contributed by atoms with Gasteiger partial charge in [0, 0.05) is 12.0 Å². The summed E-state index contributed by atoms with van der Waals surface area (Å²) in [5, 5.41) is 20.9. The minimum absolute atomic E-state index is 0.158. The first-order chi connectivity index (χ1) is 7.74. The van der Waals surface area contributed by atoms with Gasteiger partial charge in [-0.2, -0.15) is 0 Å². The van der Waals surface area contributed by atoms with Gasteiger partial charge >= 0.3 is 0 Å². The maximum atomic E-state index is 10.1. The van der Waals surface area contributed by atoms with Crippen LogP contribution in [0.4, 0.5) is 0 Å². The van der Waals surface area contributed by atoms with Gasteiger partial charge in [0.15, 0.2) is 0 Å². The molecule has 0 saturated carbocycles. The number of rotatable bonds is 3. The molecule has 2 nitrogen and oxygen atoms in total. The Morgan fingerprint density at radius 2 is 1.81 bits per heavy atom. The number of aromatic hydroxyl groups is 1. The molecule has 0 aliphatic carbocycles. The van der Waals surface area contributed by atoms with Gasteiger partial charge in [-0.3, -0.25) is 0 Å². The Morgan fingerprint density at radius 3 is 2.50 bits per heavy atom. The molecule has 2 aromatic rings. The SMILES string of the molecule is Cc1cc(CCCO)c(O)c2ccccc12. The molecule has 0 heterocycles. The van der Waals surface area contributed by atoms with Crippen LogP contribution in [0.5, 0.6) is 5.75 Å². The highest BCUT2D eigenvalue weighted by Crippen LogP contribution is 2.31. The van der Waals surface area contributed by atoms with Crippen LogP contribution in [-0.4, -0.2) is 16.8 Å². The fraction of sp³-hybridized carbons (Fsp3) is 0.286. The summed E-state index contributed by atoms with van der Waals surface area (Å²) in [5.74, 6) is 0.356. The lowest BCUT2D eigenvalue weighted by atomic mass is 9.98. The molecule has 2 heteroatoms. The molecule has 0 spiro atoms. The lowest BCUT2D eigenvalue weighted by Gasteiger charge is -2.10. The second-order valence-electron chi connectivity index (χ2n) is 4.07. The monoisotopic (exact) mass is 216 g/mol. The first-order valence-corrected chi connectivity index (χ1v) is 5.55. The zero-order valence-electron chi connectivity index (χ0n) is 9.40. The smallest absolute Gasteiger partial charge is 0.126 e. The van der Waals surface area contributed by atoms with Crippen molar-refractivity contribution in [3.63, 3.8) is 0 Å². The predicted molar refractivity (Wildman–Crippen MR) is 65.8 cm³/mol. The Balaban J connectivity index is 2.56. The van der Waals surface area contributed by atoms with Crippen LogP contribution >= 0.6 is 0 Å². The average molecular weight is 216 g/mol. The number of phenolic OH excluding ortho intramolecular Hbond substituents is 1. The molecule has 0 aliphatic heterocycles. The molecular weight excluding hydrogens is 200 g/mol. The molecule has 0 atom stereocenters. The van der Waals surface area contributed by atoms with E-state index in [4.69, 9.17) is 5.11 Å². The highest BCUT2D eigenvalue weighted by Gasteiger charge is 2.08. The van der Waals surface area contributed by atoms with Crippen LogP contribution in [0.1, 0.15) is 17.5 Å². The van der Waals surface area contributed by atoms with Gasteiger partial charge in [0.25, 0.3) is 0 Å². The Hall–Kier alpha value is -1.54. The predicted octanol–water partition coefficient (Wildman–Crippen LogP) is 2.78. The highest BCUT2D eigenvalue weighted by molar-refractivity contribution is 5.91. The first kappa shape index (κ1) is 11.0. The van der Waals surface area contributed by atoms with Crippen molar-refractivity contribution < 1.29 is 10.2 Å². The minimum atomic E-state index is 0.158. The number of fused-ring (bicyclic) bond motifs is 1. The quantitative estimate of drug-likeness (QED) is 0.828. The molecule has 0 aliphatic rings. The van der Waals surface area contributed by atoms with Crippen LogP contribution in [0.15, 0.2) is 30.3 Å². The van der Waals surface area contributed by atoms with Crippen LogP contribution in [0, 0.1) is 6.92 Å². The third kappa shape index (κ3) is 1.89. The van der Waals surface area contributed by atoms with Gasteiger partial charge in [0.05, 0.1) is 0 Å². The van der Waals surface area contributed by atoms with E-state index >= 15 is 0 Å². The lowest BCUT2D eigenvalue weighted by molar-refractivity contribution is 0.288. The Kier molecular flexibility index (Phi) is 3.11. The van der Waals surface area contributed by atoms with Gasteiger partial charge in [-0.05, 0) is 36.3 Å². The molecule has 16 heavy (non-hydrogen) atoms. The first-order valence-electron chi connectivity index (χ1n) is 5.55. The summed E-state index contributed by atoms with van der Waals surface area (Å²) in [5.41, 5.74) is 2.09. The second kappa shape index (κ2) is 4.54. The molecule has 0 saturated heterocycles. The lowest BCUT2D eigenvalue weighted by Crippen LogP contribution is -1.92. The van der Waals surface area contributed by atoms with Crippen molar-refractivity contribution in [2.24, 2.45) is 0 Å². The normalized spacial score (nSPS) is 10.9. The number of aliphatic hydroxyl groups is 1. The number of hydrogen-bond acceptors (Lipinski definition) is 2. The Bertz CT molecular complexity index is 503. The van der Waals surface area contributed by atoms with Crippen molar-refractivity contribution in [3.05, 3.63) is 41.5 Å². The third-order valence-corrected chi connectivity index (χ3v) is 2.91. The fourth-order valence-corrected chi connectivity index (χ4v) is 2.07. The number of benzene rings is 2. The molecule has 0 radical (unpaired) electrons. The minimum Gasteiger partial charge on any atom is -0.507 e. The topological polar surface area (TPSA) is 40.5 Å². The van der Waals surface area contributed by atoms with Gasteiger partial charge in [-0.1, -0.05) is 30.3 Å². The van der Waals surface area contributed by atoms with Gasteiger partial charge < -0.3 is 10.2 Å². The van der Waals surface area contributed by atoms with E-state index < -0.39 is 0 Å². The summed E-state index contributed by atoms with van der Waals surface area (Å²) in [4.78, 5) is 0. The number of hydrogen-bond donors (Lipinski definition) is 2. The van der Waals surface area contributed by atoms with Crippen LogP contribution < -0.4 is 0 Å². The molecule has 0 aromatic heterocycles. The van der Waals surface area contributed by atoms with Gasteiger partial charge in [-0.15, -0.1) is 0 Å².